The number of hydrogen-bond donors (Lipinski definition) is 2. The summed E-state index contributed by atoms with van der Waals surface area (Å²) in [5.74, 6) is 0.341. The van der Waals surface area contributed by atoms with Crippen LogP contribution in [0.15, 0.2) is 60.3 Å². The Morgan fingerprint density at radius 2 is 2.04 bits per heavy atom. The van der Waals surface area contributed by atoms with E-state index in [1.807, 2.05) is 54.6 Å². The average molecular weight is 345 g/mol. The Morgan fingerprint density at radius 1 is 1.23 bits per heavy atom. The normalized spacial score (nSPS) is 11.2. The molecule has 3 aromatic rings. The van der Waals surface area contributed by atoms with Crippen LogP contribution >= 0.6 is 0 Å². The van der Waals surface area contributed by atoms with Gasteiger partial charge in [-0.05, 0) is 24.1 Å². The van der Waals surface area contributed by atoms with Crippen LogP contribution in [0.3, 0.4) is 0 Å². The third kappa shape index (κ3) is 3.76. The minimum absolute atomic E-state index is 0.0711. The number of nitrogens with one attached hydrogen (secondary N) is 2. The molecule has 2 aromatic carbocycles. The van der Waals surface area contributed by atoms with Crippen LogP contribution in [-0.2, 0) is 11.2 Å². The number of benzene rings is 2. The molecule has 1 aromatic heterocycles. The Hall–Kier alpha value is -3.52. The molecule has 130 valence electrons. The number of para-hydroxylation sites is 1. The summed E-state index contributed by atoms with van der Waals surface area (Å²) < 4.78 is 5.32. The summed E-state index contributed by atoms with van der Waals surface area (Å²) in [6.07, 6.45) is 4.08. The van der Waals surface area contributed by atoms with Crippen LogP contribution in [0.2, 0.25) is 0 Å². The monoisotopic (exact) mass is 345 g/mol. The van der Waals surface area contributed by atoms with Crippen molar-refractivity contribution >= 4 is 22.9 Å². The number of fused-ring (bicyclic) bond motifs is 1. The fourth-order valence-corrected chi connectivity index (χ4v) is 2.80. The Balaban J connectivity index is 1.74. The first-order valence-corrected chi connectivity index (χ1v) is 8.31. The summed E-state index contributed by atoms with van der Waals surface area (Å²) in [4.78, 5) is 15.4. The topological polar surface area (TPSA) is 77.9 Å². The highest BCUT2D eigenvalue weighted by Gasteiger charge is 2.11. The Kier molecular flexibility index (Phi) is 5.35. The number of H-pyrrole nitrogens is 1. The number of amides is 1. The van der Waals surface area contributed by atoms with Gasteiger partial charge in [-0.2, -0.15) is 5.26 Å². The standard InChI is InChI=1S/C21H19N3O2/c1-26-19-9-5-8-18-17(14-24-20(18)19)12-16(13-22)21(25)23-11-10-15-6-3-2-4-7-15/h2-9,12,14,24H,10-11H2,1H3,(H,23,25)/b16-12+. The molecule has 1 heterocycles. The van der Waals surface area contributed by atoms with Crippen molar-refractivity contribution in [3.05, 3.63) is 71.4 Å². The van der Waals surface area contributed by atoms with Crippen molar-refractivity contribution < 1.29 is 9.53 Å². The zero-order valence-corrected chi connectivity index (χ0v) is 14.5. The first-order chi connectivity index (χ1) is 12.7. The van der Waals surface area contributed by atoms with Crippen LogP contribution < -0.4 is 10.1 Å². The molecular formula is C21H19N3O2. The number of nitrogens with zero attached hydrogens (tertiary/aromatic N) is 1. The van der Waals surface area contributed by atoms with E-state index in [1.54, 1.807) is 19.4 Å². The number of ether oxygens (including phenoxy) is 1. The number of nitriles is 1. The van der Waals surface area contributed by atoms with Crippen molar-refractivity contribution in [2.24, 2.45) is 0 Å². The van der Waals surface area contributed by atoms with Crippen molar-refractivity contribution in [2.75, 3.05) is 13.7 Å². The molecule has 0 unspecified atom stereocenters. The van der Waals surface area contributed by atoms with Gasteiger partial charge in [0, 0.05) is 23.7 Å². The lowest BCUT2D eigenvalue weighted by Gasteiger charge is -2.04. The summed E-state index contributed by atoms with van der Waals surface area (Å²) in [5.41, 5.74) is 2.82. The van der Waals surface area contributed by atoms with Gasteiger partial charge in [0.25, 0.3) is 5.91 Å². The van der Waals surface area contributed by atoms with Crippen LogP contribution in [0.1, 0.15) is 11.1 Å². The third-order valence-corrected chi connectivity index (χ3v) is 4.14. The molecule has 0 spiro atoms. The number of methoxy groups -OCH3 is 1. The van der Waals surface area contributed by atoms with Crippen molar-refractivity contribution in [1.29, 1.82) is 5.26 Å². The first kappa shape index (κ1) is 17.3. The molecule has 0 aliphatic carbocycles. The molecule has 3 rings (SSSR count). The Morgan fingerprint density at radius 3 is 2.77 bits per heavy atom. The maximum Gasteiger partial charge on any atom is 0.261 e. The fourth-order valence-electron chi connectivity index (χ4n) is 2.80. The molecule has 26 heavy (non-hydrogen) atoms. The van der Waals surface area contributed by atoms with Gasteiger partial charge in [-0.1, -0.05) is 42.5 Å². The second-order valence-corrected chi connectivity index (χ2v) is 5.79. The second kappa shape index (κ2) is 8.04. The third-order valence-electron chi connectivity index (χ3n) is 4.14. The van der Waals surface area contributed by atoms with Gasteiger partial charge in [-0.15, -0.1) is 0 Å². The molecule has 0 atom stereocenters. The number of carbonyl (C=O) groups excluding carboxylic acids is 1. The molecule has 5 nitrogen and oxygen atoms in total. The van der Waals surface area contributed by atoms with E-state index in [0.29, 0.717) is 12.3 Å². The van der Waals surface area contributed by atoms with Gasteiger partial charge in [-0.25, -0.2) is 0 Å². The highest BCUT2D eigenvalue weighted by atomic mass is 16.5. The molecule has 5 heteroatoms. The zero-order valence-electron chi connectivity index (χ0n) is 14.5. The van der Waals surface area contributed by atoms with Crippen molar-refractivity contribution in [3.8, 4) is 11.8 Å². The second-order valence-electron chi connectivity index (χ2n) is 5.79. The highest BCUT2D eigenvalue weighted by Crippen LogP contribution is 2.28. The molecule has 0 bridgehead atoms. The molecule has 0 radical (unpaired) electrons. The molecule has 2 N–H and O–H groups in total. The molecule has 0 aliphatic heterocycles. The van der Waals surface area contributed by atoms with Crippen LogP contribution in [0.4, 0.5) is 0 Å². The van der Waals surface area contributed by atoms with Crippen molar-refractivity contribution in [3.63, 3.8) is 0 Å². The summed E-state index contributed by atoms with van der Waals surface area (Å²) in [6.45, 7) is 0.476. The van der Waals surface area contributed by atoms with Gasteiger partial charge >= 0.3 is 0 Å². The smallest absolute Gasteiger partial charge is 0.261 e. The average Bonchev–Trinajstić information content (AvgIpc) is 3.09. The largest absolute Gasteiger partial charge is 0.495 e. The van der Waals surface area contributed by atoms with Gasteiger partial charge in [0.05, 0.1) is 12.6 Å². The van der Waals surface area contributed by atoms with Crippen molar-refractivity contribution in [1.82, 2.24) is 10.3 Å². The quantitative estimate of drug-likeness (QED) is 0.531. The Bertz CT molecular complexity index is 981. The predicted molar refractivity (Wildman–Crippen MR) is 102 cm³/mol. The molecule has 0 fully saturated rings. The maximum atomic E-state index is 12.3. The van der Waals surface area contributed by atoms with E-state index in [9.17, 15) is 10.1 Å². The van der Waals surface area contributed by atoms with Crippen molar-refractivity contribution in [2.45, 2.75) is 6.42 Å². The molecule has 0 saturated carbocycles. The Labute approximate surface area is 151 Å². The highest BCUT2D eigenvalue weighted by molar-refractivity contribution is 6.04. The zero-order chi connectivity index (χ0) is 18.4. The van der Waals surface area contributed by atoms with E-state index >= 15 is 0 Å². The summed E-state index contributed by atoms with van der Waals surface area (Å²) in [5, 5.41) is 13.1. The van der Waals surface area contributed by atoms with E-state index in [4.69, 9.17) is 4.74 Å². The number of hydrogen-bond acceptors (Lipinski definition) is 3. The number of aromatic nitrogens is 1. The number of rotatable bonds is 6. The number of carbonyl (C=O) groups is 1. The molecular weight excluding hydrogens is 326 g/mol. The van der Waals surface area contributed by atoms with E-state index in [1.165, 1.54) is 0 Å². The fraction of sp³-hybridized carbons (Fsp3) is 0.143. The summed E-state index contributed by atoms with van der Waals surface area (Å²) >= 11 is 0. The summed E-state index contributed by atoms with van der Waals surface area (Å²) in [6, 6.07) is 17.5. The van der Waals surface area contributed by atoms with Crippen LogP contribution in [0, 0.1) is 11.3 Å². The SMILES string of the molecule is COc1cccc2c(/C=C(\C#N)C(=O)NCCc3ccccc3)c[nH]c12. The lowest BCUT2D eigenvalue weighted by Crippen LogP contribution is -2.26. The van der Waals surface area contributed by atoms with E-state index in [2.05, 4.69) is 10.3 Å². The summed E-state index contributed by atoms with van der Waals surface area (Å²) in [7, 11) is 1.60. The first-order valence-electron chi connectivity index (χ1n) is 8.31. The molecule has 0 saturated heterocycles. The maximum absolute atomic E-state index is 12.3. The van der Waals surface area contributed by atoms with Gasteiger partial charge in [0.2, 0.25) is 0 Å². The van der Waals surface area contributed by atoms with Crippen LogP contribution in [0.25, 0.3) is 17.0 Å². The van der Waals surface area contributed by atoms with E-state index in [-0.39, 0.29) is 11.5 Å². The molecule has 0 aliphatic rings. The van der Waals surface area contributed by atoms with Gasteiger partial charge in [0.15, 0.2) is 0 Å². The van der Waals surface area contributed by atoms with E-state index < -0.39 is 0 Å². The van der Waals surface area contributed by atoms with Gasteiger partial charge in [-0.3, -0.25) is 4.79 Å². The lowest BCUT2D eigenvalue weighted by atomic mass is 10.1. The van der Waals surface area contributed by atoms with Crippen LogP contribution in [0.5, 0.6) is 5.75 Å². The predicted octanol–water partition coefficient (Wildman–Crippen LogP) is 3.44. The minimum atomic E-state index is -0.374. The van der Waals surface area contributed by atoms with E-state index in [0.717, 1.165) is 28.5 Å². The van der Waals surface area contributed by atoms with Gasteiger partial charge in [0.1, 0.15) is 17.4 Å². The molecule has 1 amide bonds. The van der Waals surface area contributed by atoms with Gasteiger partial charge < -0.3 is 15.0 Å². The lowest BCUT2D eigenvalue weighted by molar-refractivity contribution is -0.117. The number of aromatic amines is 1. The van der Waals surface area contributed by atoms with Crippen LogP contribution in [-0.4, -0.2) is 24.5 Å². The minimum Gasteiger partial charge on any atom is -0.495 e.